The normalized spacial score (nSPS) is 10.8. The molecule has 0 bridgehead atoms. The predicted molar refractivity (Wildman–Crippen MR) is 135 cm³/mol. The van der Waals surface area contributed by atoms with Gasteiger partial charge in [-0.3, -0.25) is 14.4 Å². The topological polar surface area (TPSA) is 204 Å². The minimum atomic E-state index is -1.01. The van der Waals surface area contributed by atoms with Crippen LogP contribution in [0.15, 0.2) is 30.6 Å². The largest absolute Gasteiger partial charge is 0.481 e. The van der Waals surface area contributed by atoms with E-state index in [1.165, 1.54) is 6.33 Å². The number of benzene rings is 1. The summed E-state index contributed by atoms with van der Waals surface area (Å²) in [6, 6.07) is 7.62. The van der Waals surface area contributed by atoms with Crippen molar-refractivity contribution >= 4 is 34.9 Å². The van der Waals surface area contributed by atoms with E-state index in [2.05, 4.69) is 30.6 Å². The van der Waals surface area contributed by atoms with Crippen LogP contribution in [0.3, 0.4) is 0 Å². The smallest absolute Gasteiger partial charge is 0.303 e. The highest BCUT2D eigenvalue weighted by Crippen LogP contribution is 2.20. The number of carboxylic acids is 1. The molecule has 14 heteroatoms. The number of aromatic amines is 1. The molecule has 2 amide bonds. The number of fused-ring (bicyclic) bond motifs is 1. The van der Waals surface area contributed by atoms with Crippen LogP contribution in [0.2, 0.25) is 0 Å². The summed E-state index contributed by atoms with van der Waals surface area (Å²) >= 11 is 0. The molecule has 0 atom stereocenters. The highest BCUT2D eigenvalue weighted by Gasteiger charge is 2.10. The number of carbonyl (C=O) groups is 3. The average Bonchev–Trinajstić information content (AvgIpc) is 3.37. The van der Waals surface area contributed by atoms with Crippen LogP contribution < -0.4 is 21.1 Å². The molecule has 1 aromatic carbocycles. The Hall–Kier alpha value is -4.30. The molecule has 0 radical (unpaired) electrons. The second-order valence-corrected chi connectivity index (χ2v) is 8.09. The Morgan fingerprint density at radius 3 is 2.37 bits per heavy atom. The van der Waals surface area contributed by atoms with Crippen molar-refractivity contribution in [2.24, 2.45) is 0 Å². The summed E-state index contributed by atoms with van der Waals surface area (Å²) in [5.74, 6) is -1.06. The van der Waals surface area contributed by atoms with Gasteiger partial charge in [0, 0.05) is 25.9 Å². The first-order valence-corrected chi connectivity index (χ1v) is 12.0. The number of aromatic nitrogens is 4. The summed E-state index contributed by atoms with van der Waals surface area (Å²) in [4.78, 5) is 48.9. The van der Waals surface area contributed by atoms with E-state index in [0.717, 1.165) is 11.1 Å². The zero-order chi connectivity index (χ0) is 27.2. The first-order chi connectivity index (χ1) is 18.4. The Bertz CT molecular complexity index is 1200. The molecule has 0 unspecified atom stereocenters. The fourth-order valence-electron chi connectivity index (χ4n) is 3.18. The third kappa shape index (κ3) is 9.99. The van der Waals surface area contributed by atoms with E-state index < -0.39 is 5.97 Å². The van der Waals surface area contributed by atoms with Crippen molar-refractivity contribution in [3.8, 4) is 5.88 Å². The summed E-state index contributed by atoms with van der Waals surface area (Å²) in [5.41, 5.74) is 8.56. The third-order valence-electron chi connectivity index (χ3n) is 5.14. The minimum Gasteiger partial charge on any atom is -0.481 e. The van der Waals surface area contributed by atoms with Gasteiger partial charge in [0.25, 0.3) is 0 Å². The van der Waals surface area contributed by atoms with Crippen molar-refractivity contribution in [1.29, 1.82) is 0 Å². The summed E-state index contributed by atoms with van der Waals surface area (Å²) in [6.45, 7) is 2.14. The molecule has 0 fully saturated rings. The predicted octanol–water partition coefficient (Wildman–Crippen LogP) is 0.535. The molecule has 0 aliphatic rings. The lowest BCUT2D eigenvalue weighted by molar-refractivity contribution is -0.138. The number of rotatable bonds is 17. The molecule has 38 heavy (non-hydrogen) atoms. The summed E-state index contributed by atoms with van der Waals surface area (Å²) in [5, 5.41) is 13.9. The molecule has 204 valence electrons. The van der Waals surface area contributed by atoms with Gasteiger partial charge in [0.1, 0.15) is 12.1 Å². The fourth-order valence-corrected chi connectivity index (χ4v) is 3.18. The van der Waals surface area contributed by atoms with Gasteiger partial charge in [-0.05, 0) is 11.1 Å². The van der Waals surface area contributed by atoms with Gasteiger partial charge in [0.2, 0.25) is 23.6 Å². The van der Waals surface area contributed by atoms with Crippen LogP contribution in [-0.2, 0) is 37.0 Å². The minimum absolute atomic E-state index is 0.0577. The van der Waals surface area contributed by atoms with Crippen molar-refractivity contribution in [3.05, 3.63) is 41.7 Å². The molecule has 0 aliphatic carbocycles. The zero-order valence-corrected chi connectivity index (χ0v) is 20.8. The lowest BCUT2D eigenvalue weighted by Gasteiger charge is -2.09. The highest BCUT2D eigenvalue weighted by atomic mass is 16.5. The van der Waals surface area contributed by atoms with Crippen LogP contribution >= 0.6 is 0 Å². The second-order valence-electron chi connectivity index (χ2n) is 8.09. The zero-order valence-electron chi connectivity index (χ0n) is 20.8. The number of hydrogen-bond acceptors (Lipinski definition) is 10. The highest BCUT2D eigenvalue weighted by molar-refractivity contribution is 5.80. The van der Waals surface area contributed by atoms with E-state index >= 15 is 0 Å². The first kappa shape index (κ1) is 28.3. The maximum Gasteiger partial charge on any atom is 0.303 e. The summed E-state index contributed by atoms with van der Waals surface area (Å²) in [7, 11) is 0. The molecule has 2 heterocycles. The Morgan fingerprint density at radius 1 is 0.895 bits per heavy atom. The van der Waals surface area contributed by atoms with Crippen LogP contribution in [-0.4, -0.2) is 75.8 Å². The molecule has 2 aromatic heterocycles. The average molecular weight is 530 g/mol. The monoisotopic (exact) mass is 529 g/mol. The van der Waals surface area contributed by atoms with Gasteiger partial charge in [-0.15, -0.1) is 0 Å². The number of imidazole rings is 1. The first-order valence-electron chi connectivity index (χ1n) is 12.0. The van der Waals surface area contributed by atoms with E-state index in [9.17, 15) is 14.4 Å². The van der Waals surface area contributed by atoms with E-state index in [1.807, 2.05) is 24.3 Å². The number of nitrogens with two attached hydrogens (primary N) is 1. The number of anilines is 1. The van der Waals surface area contributed by atoms with Gasteiger partial charge in [0.05, 0.1) is 39.2 Å². The molecule has 14 nitrogen and oxygen atoms in total. The lowest BCUT2D eigenvalue weighted by atomic mass is 10.1. The molecular weight excluding hydrogens is 498 g/mol. The Labute approximate surface area is 218 Å². The quantitative estimate of drug-likeness (QED) is 0.153. The Morgan fingerprint density at radius 2 is 1.61 bits per heavy atom. The number of hydrogen-bond donors (Lipinski definition) is 5. The number of nitrogen functional groups attached to an aromatic ring is 1. The maximum atomic E-state index is 12.0. The number of ether oxygens (including phenoxy) is 3. The van der Waals surface area contributed by atoms with Gasteiger partial charge in [-0.25, -0.2) is 4.98 Å². The van der Waals surface area contributed by atoms with Crippen LogP contribution in [0.25, 0.3) is 11.2 Å². The van der Waals surface area contributed by atoms with Gasteiger partial charge < -0.3 is 40.7 Å². The number of carbonyl (C=O) groups excluding carboxylic acids is 2. The maximum absolute atomic E-state index is 12.0. The third-order valence-corrected chi connectivity index (χ3v) is 5.14. The molecule has 3 aromatic rings. The van der Waals surface area contributed by atoms with Gasteiger partial charge in [0.15, 0.2) is 5.65 Å². The van der Waals surface area contributed by atoms with E-state index in [-0.39, 0.29) is 56.8 Å². The van der Waals surface area contributed by atoms with Gasteiger partial charge >= 0.3 is 5.97 Å². The van der Waals surface area contributed by atoms with Gasteiger partial charge in [-0.1, -0.05) is 24.3 Å². The molecule has 0 saturated heterocycles. The lowest BCUT2D eigenvalue weighted by Crippen LogP contribution is -2.28. The van der Waals surface area contributed by atoms with Crippen LogP contribution in [0.4, 0.5) is 5.95 Å². The van der Waals surface area contributed by atoms with E-state index in [4.69, 9.17) is 25.1 Å². The number of carboxylic acid groups (broad SMARTS) is 1. The van der Waals surface area contributed by atoms with Crippen molar-refractivity contribution < 1.29 is 33.7 Å². The molecular formula is C24H31N7O7. The number of H-pyrrole nitrogens is 1. The molecule has 3 rings (SSSR count). The molecule has 0 aliphatic heterocycles. The molecule has 0 spiro atoms. The van der Waals surface area contributed by atoms with Crippen LogP contribution in [0, 0.1) is 0 Å². The summed E-state index contributed by atoms with van der Waals surface area (Å²) in [6.07, 6.45) is 1.46. The fraction of sp³-hybridized carbons (Fsp3) is 0.417. The number of nitrogens with zero attached hydrogens (tertiary/aromatic N) is 3. The van der Waals surface area contributed by atoms with Crippen molar-refractivity contribution in [2.45, 2.75) is 32.4 Å². The Balaban J connectivity index is 1.22. The van der Waals surface area contributed by atoms with Crippen LogP contribution in [0.1, 0.15) is 30.4 Å². The van der Waals surface area contributed by atoms with Gasteiger partial charge in [-0.2, -0.15) is 9.97 Å². The Kier molecular flexibility index (Phi) is 11.2. The second kappa shape index (κ2) is 15.1. The summed E-state index contributed by atoms with van der Waals surface area (Å²) < 4.78 is 16.5. The standard InChI is InChI=1S/C24H31N7O7/c25-24-30-22-21(28-15-29-22)23(31-24)38-14-17-3-1-16(2-4-17)13-27-19(33)7-9-36-11-12-37-10-8-26-18(32)5-6-20(34)35/h1-4,15H,5-14H2,(H,26,32)(H,27,33)(H,34,35)(H3,25,28,29,30,31). The van der Waals surface area contributed by atoms with Crippen molar-refractivity contribution in [1.82, 2.24) is 30.6 Å². The molecule has 6 N–H and O–H groups in total. The number of aliphatic carboxylic acids is 1. The van der Waals surface area contributed by atoms with E-state index in [1.54, 1.807) is 0 Å². The van der Waals surface area contributed by atoms with Crippen LogP contribution in [0.5, 0.6) is 5.88 Å². The SMILES string of the molecule is Nc1nc(OCc2ccc(CNC(=O)CCOCCOCCNC(=O)CCC(=O)O)cc2)c2[nH]cnc2n1. The van der Waals surface area contributed by atoms with Crippen molar-refractivity contribution in [2.75, 3.05) is 38.7 Å². The van der Waals surface area contributed by atoms with Crippen molar-refractivity contribution in [3.63, 3.8) is 0 Å². The number of nitrogens with one attached hydrogen (secondary N) is 3. The van der Waals surface area contributed by atoms with E-state index in [0.29, 0.717) is 43.3 Å². The number of amides is 2. The molecule has 0 saturated carbocycles.